The first kappa shape index (κ1) is 18.3. The van der Waals surface area contributed by atoms with Crippen molar-refractivity contribution in [2.75, 3.05) is 6.54 Å². The third-order valence-corrected chi connectivity index (χ3v) is 5.40. The molecule has 0 fully saturated rings. The third kappa shape index (κ3) is 3.86. The van der Waals surface area contributed by atoms with E-state index in [0.29, 0.717) is 6.42 Å². The van der Waals surface area contributed by atoms with Crippen molar-refractivity contribution in [1.29, 1.82) is 0 Å². The molecule has 0 saturated heterocycles. The highest BCUT2D eigenvalue weighted by atomic mass is 32.2. The number of benzene rings is 2. The van der Waals surface area contributed by atoms with E-state index in [-0.39, 0.29) is 6.54 Å². The molecule has 0 amide bonds. The van der Waals surface area contributed by atoms with E-state index in [1.807, 2.05) is 24.3 Å². The number of pyridine rings is 1. The molecule has 0 atom stereocenters. The molecule has 4 nitrogen and oxygen atoms in total. The van der Waals surface area contributed by atoms with Crippen molar-refractivity contribution >= 4 is 20.9 Å². The highest BCUT2D eigenvalue weighted by Crippen LogP contribution is 2.33. The molecule has 0 saturated carbocycles. The number of halogens is 3. The smallest absolute Gasteiger partial charge is 0.256 e. The van der Waals surface area contributed by atoms with Gasteiger partial charge in [0.1, 0.15) is 0 Å². The van der Waals surface area contributed by atoms with Crippen molar-refractivity contribution in [3.8, 4) is 0 Å². The molecule has 0 aliphatic rings. The second-order valence-electron chi connectivity index (χ2n) is 5.63. The lowest BCUT2D eigenvalue weighted by Gasteiger charge is -2.14. The Hall–Kier alpha value is -2.45. The van der Waals surface area contributed by atoms with E-state index in [9.17, 15) is 21.6 Å². The number of nitrogens with zero attached hydrogens (tertiary/aromatic N) is 1. The summed E-state index contributed by atoms with van der Waals surface area (Å²) in [5.74, 6) is 0. The van der Waals surface area contributed by atoms with E-state index >= 15 is 0 Å². The minimum atomic E-state index is -4.75. The summed E-state index contributed by atoms with van der Waals surface area (Å²) in [6.07, 6.45) is -2.80. The van der Waals surface area contributed by atoms with Crippen LogP contribution in [0.4, 0.5) is 13.2 Å². The van der Waals surface area contributed by atoms with Crippen LogP contribution in [0.1, 0.15) is 11.1 Å². The fourth-order valence-corrected chi connectivity index (χ4v) is 3.96. The van der Waals surface area contributed by atoms with E-state index in [4.69, 9.17) is 0 Å². The van der Waals surface area contributed by atoms with Gasteiger partial charge in [-0.1, -0.05) is 36.4 Å². The molecule has 3 aromatic rings. The van der Waals surface area contributed by atoms with Crippen molar-refractivity contribution in [3.05, 3.63) is 71.9 Å². The summed E-state index contributed by atoms with van der Waals surface area (Å²) in [7, 11) is -4.29. The van der Waals surface area contributed by atoms with Crippen LogP contribution in [0.2, 0.25) is 0 Å². The molecule has 2 aromatic carbocycles. The van der Waals surface area contributed by atoms with Crippen LogP contribution in [-0.4, -0.2) is 19.9 Å². The average molecular weight is 380 g/mol. The largest absolute Gasteiger partial charge is 0.417 e. The summed E-state index contributed by atoms with van der Waals surface area (Å²) in [6, 6.07) is 13.3. The molecule has 0 bridgehead atoms. The Morgan fingerprint density at radius 1 is 0.962 bits per heavy atom. The minimum absolute atomic E-state index is 0.0375. The van der Waals surface area contributed by atoms with Gasteiger partial charge in [0.05, 0.1) is 16.0 Å². The van der Waals surface area contributed by atoms with Gasteiger partial charge in [0.15, 0.2) is 0 Å². The van der Waals surface area contributed by atoms with Gasteiger partial charge in [-0.2, -0.15) is 13.2 Å². The Morgan fingerprint density at radius 2 is 1.69 bits per heavy atom. The molecule has 0 spiro atoms. The number of hydrogen-bond donors (Lipinski definition) is 1. The van der Waals surface area contributed by atoms with Crippen molar-refractivity contribution < 1.29 is 21.6 Å². The van der Waals surface area contributed by atoms with Crippen LogP contribution in [0.25, 0.3) is 10.9 Å². The number of hydrogen-bond acceptors (Lipinski definition) is 3. The minimum Gasteiger partial charge on any atom is -0.256 e. The first-order valence-corrected chi connectivity index (χ1v) is 9.26. The van der Waals surface area contributed by atoms with Crippen LogP contribution in [0, 0.1) is 0 Å². The summed E-state index contributed by atoms with van der Waals surface area (Å²) in [5.41, 5.74) is 0.374. The summed E-state index contributed by atoms with van der Waals surface area (Å²) in [4.78, 5) is 3.50. The van der Waals surface area contributed by atoms with Crippen LogP contribution >= 0.6 is 0 Å². The Morgan fingerprint density at radius 3 is 2.46 bits per heavy atom. The lowest BCUT2D eigenvalue weighted by molar-refractivity contribution is -0.139. The molecular formula is C18H15F3N2O2S. The predicted octanol–water partition coefficient (Wildman–Crippen LogP) is 3.77. The van der Waals surface area contributed by atoms with Crippen molar-refractivity contribution in [3.63, 3.8) is 0 Å². The topological polar surface area (TPSA) is 59.1 Å². The molecule has 136 valence electrons. The monoisotopic (exact) mass is 380 g/mol. The van der Waals surface area contributed by atoms with E-state index < -0.39 is 26.7 Å². The van der Waals surface area contributed by atoms with Gasteiger partial charge < -0.3 is 0 Å². The second-order valence-corrected chi connectivity index (χ2v) is 7.37. The van der Waals surface area contributed by atoms with Crippen molar-refractivity contribution in [1.82, 2.24) is 9.71 Å². The van der Waals surface area contributed by atoms with Crippen LogP contribution in [-0.2, 0) is 22.6 Å². The van der Waals surface area contributed by atoms with E-state index in [2.05, 4.69) is 9.71 Å². The van der Waals surface area contributed by atoms with Gasteiger partial charge in [0.2, 0.25) is 10.0 Å². The number of rotatable bonds is 5. The van der Waals surface area contributed by atoms with Gasteiger partial charge in [0, 0.05) is 18.1 Å². The van der Waals surface area contributed by atoms with Crippen LogP contribution in [0.5, 0.6) is 0 Å². The fraction of sp³-hybridized carbons (Fsp3) is 0.167. The molecular weight excluding hydrogens is 365 g/mol. The Labute approximate surface area is 148 Å². The van der Waals surface area contributed by atoms with Gasteiger partial charge in [-0.25, -0.2) is 13.1 Å². The summed E-state index contributed by atoms with van der Waals surface area (Å²) < 4.78 is 66.0. The predicted molar refractivity (Wildman–Crippen MR) is 92.1 cm³/mol. The fourth-order valence-electron chi connectivity index (χ4n) is 2.70. The van der Waals surface area contributed by atoms with Gasteiger partial charge in [-0.15, -0.1) is 0 Å². The SMILES string of the molecule is O=S(=O)(NCCc1cccc2cccnc12)c1ccccc1C(F)(F)F. The highest BCUT2D eigenvalue weighted by Gasteiger charge is 2.36. The molecule has 1 N–H and O–H groups in total. The maximum atomic E-state index is 13.0. The molecule has 0 aliphatic carbocycles. The molecule has 8 heteroatoms. The Bertz CT molecular complexity index is 1030. The quantitative estimate of drug-likeness (QED) is 0.733. The van der Waals surface area contributed by atoms with Crippen molar-refractivity contribution in [2.45, 2.75) is 17.5 Å². The zero-order valence-corrected chi connectivity index (χ0v) is 14.3. The number of fused-ring (bicyclic) bond motifs is 1. The zero-order valence-electron chi connectivity index (χ0n) is 13.5. The van der Waals surface area contributed by atoms with Crippen molar-refractivity contribution in [2.24, 2.45) is 0 Å². The molecule has 3 rings (SSSR count). The molecule has 1 heterocycles. The van der Waals surface area contributed by atoms with E-state index in [1.54, 1.807) is 12.3 Å². The maximum Gasteiger partial charge on any atom is 0.417 e. The van der Waals surface area contributed by atoms with Gasteiger partial charge in [0.25, 0.3) is 0 Å². The van der Waals surface area contributed by atoms with Gasteiger partial charge in [-0.05, 0) is 30.2 Å². The zero-order chi connectivity index (χ0) is 18.8. The first-order valence-electron chi connectivity index (χ1n) is 7.77. The van der Waals surface area contributed by atoms with Gasteiger partial charge in [-0.3, -0.25) is 4.98 Å². The summed E-state index contributed by atoms with van der Waals surface area (Å²) in [5, 5.41) is 0.912. The second kappa shape index (κ2) is 7.05. The number of nitrogens with one attached hydrogen (secondary N) is 1. The third-order valence-electron chi connectivity index (χ3n) is 3.88. The van der Waals surface area contributed by atoms with Crippen LogP contribution in [0.15, 0.2) is 65.7 Å². The lowest BCUT2D eigenvalue weighted by atomic mass is 10.1. The molecule has 26 heavy (non-hydrogen) atoms. The van der Waals surface area contributed by atoms with Gasteiger partial charge >= 0.3 is 6.18 Å². The normalized spacial score (nSPS) is 12.4. The standard InChI is InChI=1S/C18H15F3N2O2S/c19-18(20,21)15-8-1-2-9-16(15)26(24,25)23-12-10-14-6-3-5-13-7-4-11-22-17(13)14/h1-9,11,23H,10,12H2. The number of aromatic nitrogens is 1. The lowest BCUT2D eigenvalue weighted by Crippen LogP contribution is -2.28. The van der Waals surface area contributed by atoms with E-state index in [1.165, 1.54) is 6.07 Å². The maximum absolute atomic E-state index is 13.0. The molecule has 1 aromatic heterocycles. The first-order chi connectivity index (χ1) is 12.3. The Balaban J connectivity index is 1.80. The summed E-state index contributed by atoms with van der Waals surface area (Å²) in [6.45, 7) is -0.0375. The number of sulfonamides is 1. The average Bonchev–Trinajstić information content (AvgIpc) is 2.61. The molecule has 0 radical (unpaired) electrons. The molecule has 0 aliphatic heterocycles. The van der Waals surface area contributed by atoms with Crippen LogP contribution < -0.4 is 4.72 Å². The van der Waals surface area contributed by atoms with E-state index in [0.717, 1.165) is 34.7 Å². The molecule has 0 unspecified atom stereocenters. The van der Waals surface area contributed by atoms with Crippen LogP contribution in [0.3, 0.4) is 0 Å². The number of alkyl halides is 3. The Kier molecular flexibility index (Phi) is 4.97. The summed E-state index contributed by atoms with van der Waals surface area (Å²) >= 11 is 0. The number of para-hydroxylation sites is 1. The highest BCUT2D eigenvalue weighted by molar-refractivity contribution is 7.89.